The Hall–Kier alpha value is -2.98. The molecule has 0 atom stereocenters. The Labute approximate surface area is 174 Å². The Morgan fingerprint density at radius 1 is 1.23 bits per heavy atom. The van der Waals surface area contributed by atoms with Crippen LogP contribution in [0.5, 0.6) is 0 Å². The van der Waals surface area contributed by atoms with Crippen molar-refractivity contribution >= 4 is 11.9 Å². The van der Waals surface area contributed by atoms with E-state index in [1.54, 1.807) is 6.92 Å². The molecule has 0 bridgehead atoms. The van der Waals surface area contributed by atoms with Crippen molar-refractivity contribution in [1.82, 2.24) is 15.1 Å². The number of nitrogens with one attached hydrogen (secondary N) is 1. The summed E-state index contributed by atoms with van der Waals surface area (Å²) in [5, 5.41) is 6.36. The number of hydrogen-bond donors (Lipinski definition) is 1. The first-order valence-electron chi connectivity index (χ1n) is 9.62. The minimum atomic E-state index is -5.04. The molecule has 0 aliphatic carbocycles. The monoisotopic (exact) mass is 445 g/mol. The fourth-order valence-electron chi connectivity index (χ4n) is 3.75. The van der Waals surface area contributed by atoms with Crippen molar-refractivity contribution < 1.29 is 36.3 Å². The molecule has 0 spiro atoms. The summed E-state index contributed by atoms with van der Waals surface area (Å²) in [7, 11) is 0. The quantitative estimate of drug-likeness (QED) is 0.565. The van der Waals surface area contributed by atoms with Gasteiger partial charge in [0.05, 0.1) is 12.2 Å². The average molecular weight is 445 g/mol. The standard InChI is InChI=1S/C20H20F5N3O3/c1-3-31-19(30)17-10(2)16(26-27-17)18(29)28-8-6-11(7-9-28)12-4-5-13(21)15(22)14(12)20(23,24)25/h4-5,11H,3,6-9H2,1-2H3,(H,26,27). The molecule has 6 nitrogen and oxygen atoms in total. The summed E-state index contributed by atoms with van der Waals surface area (Å²) in [4.78, 5) is 26.1. The largest absolute Gasteiger partial charge is 0.461 e. The maximum atomic E-state index is 13.9. The zero-order valence-corrected chi connectivity index (χ0v) is 16.8. The second kappa shape index (κ2) is 8.64. The first-order valence-corrected chi connectivity index (χ1v) is 9.62. The lowest BCUT2D eigenvalue weighted by molar-refractivity contribution is -0.141. The molecular formula is C20H20F5N3O3. The minimum Gasteiger partial charge on any atom is -0.461 e. The van der Waals surface area contributed by atoms with E-state index >= 15 is 0 Å². The van der Waals surface area contributed by atoms with E-state index in [-0.39, 0.29) is 49.5 Å². The van der Waals surface area contributed by atoms with Gasteiger partial charge in [-0.25, -0.2) is 13.6 Å². The van der Waals surface area contributed by atoms with Gasteiger partial charge in [0.1, 0.15) is 5.69 Å². The second-order valence-corrected chi connectivity index (χ2v) is 7.18. The first kappa shape index (κ1) is 22.7. The molecule has 0 radical (unpaired) electrons. The molecule has 1 aromatic carbocycles. The number of esters is 1. The molecule has 11 heteroatoms. The molecule has 31 heavy (non-hydrogen) atoms. The van der Waals surface area contributed by atoms with Gasteiger partial charge in [0, 0.05) is 18.7 Å². The zero-order valence-electron chi connectivity index (χ0n) is 16.8. The molecule has 1 aliphatic heterocycles. The summed E-state index contributed by atoms with van der Waals surface area (Å²) in [5.41, 5.74) is -1.54. The summed E-state index contributed by atoms with van der Waals surface area (Å²) in [6.07, 6.45) is -4.77. The van der Waals surface area contributed by atoms with E-state index in [2.05, 4.69) is 10.2 Å². The predicted molar refractivity (Wildman–Crippen MR) is 98.5 cm³/mol. The number of halogens is 5. The van der Waals surface area contributed by atoms with E-state index in [1.165, 1.54) is 11.8 Å². The van der Waals surface area contributed by atoms with Gasteiger partial charge in [-0.05, 0) is 44.2 Å². The summed E-state index contributed by atoms with van der Waals surface area (Å²) < 4.78 is 72.1. The van der Waals surface area contributed by atoms with E-state index < -0.39 is 41.2 Å². The number of carbonyl (C=O) groups excluding carboxylic acids is 2. The van der Waals surface area contributed by atoms with Gasteiger partial charge in [0.2, 0.25) is 0 Å². The lowest BCUT2D eigenvalue weighted by atomic mass is 9.86. The third-order valence-corrected chi connectivity index (χ3v) is 5.32. The van der Waals surface area contributed by atoms with Crippen LogP contribution in [0.2, 0.25) is 0 Å². The molecule has 2 aromatic rings. The number of piperidine rings is 1. The van der Waals surface area contributed by atoms with Gasteiger partial charge in [-0.1, -0.05) is 6.07 Å². The van der Waals surface area contributed by atoms with Crippen LogP contribution in [0.25, 0.3) is 0 Å². The van der Waals surface area contributed by atoms with Crippen LogP contribution in [0.3, 0.4) is 0 Å². The van der Waals surface area contributed by atoms with Crippen LogP contribution in [-0.2, 0) is 10.9 Å². The van der Waals surface area contributed by atoms with Crippen molar-refractivity contribution in [1.29, 1.82) is 0 Å². The fourth-order valence-corrected chi connectivity index (χ4v) is 3.75. The van der Waals surface area contributed by atoms with Crippen LogP contribution in [0.15, 0.2) is 12.1 Å². The smallest absolute Gasteiger partial charge is 0.419 e. The van der Waals surface area contributed by atoms with Crippen LogP contribution in [0, 0.1) is 18.6 Å². The average Bonchev–Trinajstić information content (AvgIpc) is 3.10. The number of hydrogen-bond acceptors (Lipinski definition) is 4. The zero-order chi connectivity index (χ0) is 22.9. The lowest BCUT2D eigenvalue weighted by Crippen LogP contribution is -2.38. The van der Waals surface area contributed by atoms with E-state index in [1.807, 2.05) is 0 Å². The van der Waals surface area contributed by atoms with Gasteiger partial charge in [-0.2, -0.15) is 18.3 Å². The molecule has 168 valence electrons. The highest BCUT2D eigenvalue weighted by Crippen LogP contribution is 2.41. The number of rotatable bonds is 4. The highest BCUT2D eigenvalue weighted by Gasteiger charge is 2.40. The molecular weight excluding hydrogens is 425 g/mol. The fraction of sp³-hybridized carbons (Fsp3) is 0.450. The van der Waals surface area contributed by atoms with Gasteiger partial charge in [0.15, 0.2) is 17.3 Å². The topological polar surface area (TPSA) is 75.3 Å². The number of aromatic amines is 1. The number of likely N-dealkylation sites (tertiary alicyclic amines) is 1. The number of benzene rings is 1. The van der Waals surface area contributed by atoms with Gasteiger partial charge in [-0.3, -0.25) is 9.89 Å². The van der Waals surface area contributed by atoms with Gasteiger partial charge >= 0.3 is 12.1 Å². The van der Waals surface area contributed by atoms with E-state index in [0.717, 1.165) is 6.07 Å². The van der Waals surface area contributed by atoms with Crippen molar-refractivity contribution in [3.63, 3.8) is 0 Å². The number of amides is 1. The van der Waals surface area contributed by atoms with Crippen molar-refractivity contribution in [2.24, 2.45) is 0 Å². The number of carbonyl (C=O) groups is 2. The number of H-pyrrole nitrogens is 1. The third-order valence-electron chi connectivity index (χ3n) is 5.32. The molecule has 1 amide bonds. The highest BCUT2D eigenvalue weighted by molar-refractivity contribution is 5.98. The van der Waals surface area contributed by atoms with Crippen molar-refractivity contribution in [3.8, 4) is 0 Å². The van der Waals surface area contributed by atoms with Crippen molar-refractivity contribution in [3.05, 3.63) is 51.8 Å². The van der Waals surface area contributed by atoms with E-state index in [0.29, 0.717) is 11.6 Å². The molecule has 3 rings (SSSR count). The lowest BCUT2D eigenvalue weighted by Gasteiger charge is -2.33. The first-order chi connectivity index (χ1) is 14.6. The number of nitrogens with zero attached hydrogens (tertiary/aromatic N) is 2. The maximum absolute atomic E-state index is 13.9. The Morgan fingerprint density at radius 3 is 2.45 bits per heavy atom. The number of ether oxygens (including phenoxy) is 1. The van der Waals surface area contributed by atoms with Crippen molar-refractivity contribution in [2.75, 3.05) is 19.7 Å². The molecule has 2 heterocycles. The van der Waals surface area contributed by atoms with Gasteiger partial charge in [-0.15, -0.1) is 0 Å². The van der Waals surface area contributed by atoms with Crippen LogP contribution in [0.1, 0.15) is 63.4 Å². The third kappa shape index (κ3) is 4.40. The Bertz CT molecular complexity index is 995. The summed E-state index contributed by atoms with van der Waals surface area (Å²) >= 11 is 0. The summed E-state index contributed by atoms with van der Waals surface area (Å²) in [6, 6.07) is 1.63. The number of aromatic nitrogens is 2. The van der Waals surface area contributed by atoms with Crippen LogP contribution < -0.4 is 0 Å². The summed E-state index contributed by atoms with van der Waals surface area (Å²) in [5.74, 6) is -5.30. The number of alkyl halides is 3. The predicted octanol–water partition coefficient (Wildman–Crippen LogP) is 4.21. The van der Waals surface area contributed by atoms with Gasteiger partial charge in [0.25, 0.3) is 5.91 Å². The van der Waals surface area contributed by atoms with Crippen LogP contribution in [0.4, 0.5) is 22.0 Å². The molecule has 1 N–H and O–H groups in total. The molecule has 1 fully saturated rings. The van der Waals surface area contributed by atoms with Gasteiger partial charge < -0.3 is 9.64 Å². The Balaban J connectivity index is 1.76. The molecule has 0 unspecified atom stereocenters. The molecule has 1 saturated heterocycles. The molecule has 1 aromatic heterocycles. The minimum absolute atomic E-state index is 0.0188. The van der Waals surface area contributed by atoms with Crippen LogP contribution >= 0.6 is 0 Å². The van der Waals surface area contributed by atoms with E-state index in [4.69, 9.17) is 4.74 Å². The highest BCUT2D eigenvalue weighted by atomic mass is 19.4. The SMILES string of the molecule is CCOC(=O)c1[nH]nc(C(=O)N2CCC(c3ccc(F)c(F)c3C(F)(F)F)CC2)c1C. The Kier molecular flexibility index (Phi) is 6.33. The molecule has 0 saturated carbocycles. The second-order valence-electron chi connectivity index (χ2n) is 7.18. The van der Waals surface area contributed by atoms with E-state index in [9.17, 15) is 31.5 Å². The van der Waals surface area contributed by atoms with Crippen LogP contribution in [-0.4, -0.2) is 46.7 Å². The normalized spacial score (nSPS) is 15.3. The van der Waals surface area contributed by atoms with Crippen molar-refractivity contribution in [2.45, 2.75) is 38.8 Å². The Morgan fingerprint density at radius 2 is 1.87 bits per heavy atom. The molecule has 1 aliphatic rings. The summed E-state index contributed by atoms with van der Waals surface area (Å²) in [6.45, 7) is 3.52. The maximum Gasteiger partial charge on any atom is 0.419 e.